The van der Waals surface area contributed by atoms with Gasteiger partial charge in [0.25, 0.3) is 0 Å². The second-order valence-corrected chi connectivity index (χ2v) is 3.39. The number of esters is 1. The first-order chi connectivity index (χ1) is 7.69. The third kappa shape index (κ3) is 3.48. The molecule has 0 heterocycles. The van der Waals surface area contributed by atoms with E-state index >= 15 is 0 Å². The molecule has 0 fully saturated rings. The molecule has 0 aliphatic heterocycles. The van der Waals surface area contributed by atoms with Crippen LogP contribution in [0.5, 0.6) is 0 Å². The van der Waals surface area contributed by atoms with Crippen LogP contribution in [0.4, 0.5) is 0 Å². The molecule has 0 atom stereocenters. The number of carbonyl (C=O) groups is 1. The Labute approximate surface area is 99.1 Å². The first kappa shape index (κ1) is 13.0. The highest BCUT2D eigenvalue weighted by Gasteiger charge is 2.13. The molecular weight excluding hydrogens is 232 g/mol. The second kappa shape index (κ2) is 6.48. The van der Waals surface area contributed by atoms with Crippen molar-refractivity contribution in [2.75, 3.05) is 20.8 Å². The maximum atomic E-state index is 11.6. The number of halogens is 1. The molecule has 0 aromatic heterocycles. The van der Waals surface area contributed by atoms with Gasteiger partial charge < -0.3 is 14.2 Å². The van der Waals surface area contributed by atoms with Gasteiger partial charge >= 0.3 is 5.97 Å². The van der Waals surface area contributed by atoms with Crippen molar-refractivity contribution in [2.24, 2.45) is 0 Å². The number of hydrogen-bond acceptors (Lipinski definition) is 4. The number of methoxy groups -OCH3 is 2. The minimum atomic E-state index is -0.563. The van der Waals surface area contributed by atoms with E-state index in [1.165, 1.54) is 14.2 Å². The van der Waals surface area contributed by atoms with Gasteiger partial charge in [0.2, 0.25) is 0 Å². The van der Waals surface area contributed by atoms with Crippen LogP contribution in [-0.2, 0) is 14.2 Å². The monoisotopic (exact) mass is 244 g/mol. The van der Waals surface area contributed by atoms with E-state index in [1.807, 2.05) is 0 Å². The van der Waals surface area contributed by atoms with Gasteiger partial charge in [-0.05, 0) is 12.1 Å². The third-order valence-corrected chi connectivity index (χ3v) is 2.30. The van der Waals surface area contributed by atoms with E-state index < -0.39 is 12.3 Å². The van der Waals surface area contributed by atoms with E-state index in [4.69, 9.17) is 25.8 Å². The lowest BCUT2D eigenvalue weighted by Crippen LogP contribution is -2.22. The summed E-state index contributed by atoms with van der Waals surface area (Å²) >= 11 is 5.84. The molecular formula is C11H13ClO4. The summed E-state index contributed by atoms with van der Waals surface area (Å²) in [6.07, 6.45) is -0.563. The van der Waals surface area contributed by atoms with Gasteiger partial charge in [-0.3, -0.25) is 0 Å². The van der Waals surface area contributed by atoms with Gasteiger partial charge in [-0.1, -0.05) is 23.7 Å². The summed E-state index contributed by atoms with van der Waals surface area (Å²) in [4.78, 5) is 11.6. The Morgan fingerprint density at radius 3 is 2.50 bits per heavy atom. The van der Waals surface area contributed by atoms with E-state index in [-0.39, 0.29) is 6.61 Å². The fraction of sp³-hybridized carbons (Fsp3) is 0.364. The quantitative estimate of drug-likeness (QED) is 0.588. The molecule has 0 radical (unpaired) electrons. The molecule has 0 aliphatic rings. The predicted molar refractivity (Wildman–Crippen MR) is 59.5 cm³/mol. The first-order valence-corrected chi connectivity index (χ1v) is 5.04. The summed E-state index contributed by atoms with van der Waals surface area (Å²) in [5.41, 5.74) is 0.329. The molecule has 0 unspecified atom stereocenters. The van der Waals surface area contributed by atoms with Crippen molar-refractivity contribution in [3.05, 3.63) is 34.9 Å². The molecule has 1 aromatic rings. The molecule has 0 amide bonds. The van der Waals surface area contributed by atoms with Crippen LogP contribution in [0, 0.1) is 0 Å². The minimum Gasteiger partial charge on any atom is -0.457 e. The fourth-order valence-corrected chi connectivity index (χ4v) is 1.29. The topological polar surface area (TPSA) is 44.8 Å². The summed E-state index contributed by atoms with van der Waals surface area (Å²) in [5.74, 6) is -0.496. The van der Waals surface area contributed by atoms with Crippen LogP contribution in [0.25, 0.3) is 0 Å². The summed E-state index contributed by atoms with van der Waals surface area (Å²) in [7, 11) is 2.94. The average molecular weight is 245 g/mol. The zero-order valence-electron chi connectivity index (χ0n) is 9.10. The van der Waals surface area contributed by atoms with E-state index in [0.29, 0.717) is 10.6 Å². The molecule has 1 rings (SSSR count). The maximum absolute atomic E-state index is 11.6. The Morgan fingerprint density at radius 2 is 1.94 bits per heavy atom. The van der Waals surface area contributed by atoms with Crippen LogP contribution in [0.3, 0.4) is 0 Å². The third-order valence-electron chi connectivity index (χ3n) is 1.97. The van der Waals surface area contributed by atoms with Gasteiger partial charge in [-0.15, -0.1) is 0 Å². The van der Waals surface area contributed by atoms with E-state index in [0.717, 1.165) is 0 Å². The van der Waals surface area contributed by atoms with Crippen LogP contribution in [0.1, 0.15) is 10.4 Å². The van der Waals surface area contributed by atoms with Crippen LogP contribution in [0.2, 0.25) is 5.02 Å². The SMILES string of the molecule is COC(COC(=O)c1ccccc1Cl)OC. The smallest absolute Gasteiger partial charge is 0.339 e. The fourth-order valence-electron chi connectivity index (χ4n) is 1.08. The predicted octanol–water partition coefficient (Wildman–Crippen LogP) is 2.12. The molecule has 0 saturated heterocycles. The van der Waals surface area contributed by atoms with Crippen LogP contribution in [-0.4, -0.2) is 33.1 Å². The molecule has 0 bridgehead atoms. The Balaban J connectivity index is 2.56. The number of ether oxygens (including phenoxy) is 3. The van der Waals surface area contributed by atoms with Crippen molar-refractivity contribution >= 4 is 17.6 Å². The van der Waals surface area contributed by atoms with Gasteiger partial charge in [0.15, 0.2) is 6.29 Å². The largest absolute Gasteiger partial charge is 0.457 e. The molecule has 0 N–H and O–H groups in total. The molecule has 88 valence electrons. The maximum Gasteiger partial charge on any atom is 0.339 e. The van der Waals surface area contributed by atoms with Crippen LogP contribution < -0.4 is 0 Å². The van der Waals surface area contributed by atoms with Gasteiger partial charge in [-0.2, -0.15) is 0 Å². The van der Waals surface area contributed by atoms with Gasteiger partial charge in [0.1, 0.15) is 6.61 Å². The lowest BCUT2D eigenvalue weighted by Gasteiger charge is -2.13. The molecule has 0 aliphatic carbocycles. The molecule has 1 aromatic carbocycles. The van der Waals surface area contributed by atoms with Gasteiger partial charge in [0.05, 0.1) is 10.6 Å². The zero-order chi connectivity index (χ0) is 12.0. The molecule has 0 spiro atoms. The highest BCUT2D eigenvalue weighted by molar-refractivity contribution is 6.33. The lowest BCUT2D eigenvalue weighted by molar-refractivity contribution is -0.129. The average Bonchev–Trinajstić information content (AvgIpc) is 2.30. The Kier molecular flexibility index (Phi) is 5.25. The molecule has 5 heteroatoms. The highest BCUT2D eigenvalue weighted by atomic mass is 35.5. The van der Waals surface area contributed by atoms with Crippen LogP contribution >= 0.6 is 11.6 Å². The summed E-state index contributed by atoms with van der Waals surface area (Å²) < 4.78 is 14.7. The van der Waals surface area contributed by atoms with E-state index in [9.17, 15) is 4.79 Å². The minimum absolute atomic E-state index is 0.0249. The zero-order valence-corrected chi connectivity index (χ0v) is 9.86. The van der Waals surface area contributed by atoms with Crippen molar-refractivity contribution in [3.8, 4) is 0 Å². The van der Waals surface area contributed by atoms with Gasteiger partial charge in [-0.25, -0.2) is 4.79 Å². The van der Waals surface area contributed by atoms with Crippen LogP contribution in [0.15, 0.2) is 24.3 Å². The van der Waals surface area contributed by atoms with E-state index in [2.05, 4.69) is 0 Å². The number of rotatable bonds is 5. The normalized spacial score (nSPS) is 10.5. The number of benzene rings is 1. The lowest BCUT2D eigenvalue weighted by atomic mass is 10.2. The number of hydrogen-bond donors (Lipinski definition) is 0. The highest BCUT2D eigenvalue weighted by Crippen LogP contribution is 2.15. The standard InChI is InChI=1S/C11H13ClO4/c1-14-10(15-2)7-16-11(13)8-5-3-4-6-9(8)12/h3-6,10H,7H2,1-2H3. The molecule has 4 nitrogen and oxygen atoms in total. The Bertz CT molecular complexity index is 350. The van der Waals surface area contributed by atoms with E-state index in [1.54, 1.807) is 24.3 Å². The van der Waals surface area contributed by atoms with Gasteiger partial charge in [0, 0.05) is 14.2 Å². The van der Waals surface area contributed by atoms with Crippen molar-refractivity contribution in [3.63, 3.8) is 0 Å². The molecule has 16 heavy (non-hydrogen) atoms. The number of carbonyl (C=O) groups excluding carboxylic acids is 1. The molecule has 0 saturated carbocycles. The van der Waals surface area contributed by atoms with Crippen molar-refractivity contribution in [1.29, 1.82) is 0 Å². The first-order valence-electron chi connectivity index (χ1n) is 4.66. The summed E-state index contributed by atoms with van der Waals surface area (Å²) in [6.45, 7) is 0.0249. The Morgan fingerprint density at radius 1 is 1.31 bits per heavy atom. The van der Waals surface area contributed by atoms with Crippen molar-refractivity contribution in [2.45, 2.75) is 6.29 Å². The summed E-state index contributed by atoms with van der Waals surface area (Å²) in [5, 5.41) is 0.360. The summed E-state index contributed by atoms with van der Waals surface area (Å²) in [6, 6.07) is 6.68. The van der Waals surface area contributed by atoms with Crippen molar-refractivity contribution in [1.82, 2.24) is 0 Å². The second-order valence-electron chi connectivity index (χ2n) is 2.98. The van der Waals surface area contributed by atoms with Crippen molar-refractivity contribution < 1.29 is 19.0 Å². The Hall–Kier alpha value is -1.10.